The number of rotatable bonds is 8. The summed E-state index contributed by atoms with van der Waals surface area (Å²) in [6.07, 6.45) is 0.222. The van der Waals surface area contributed by atoms with Crippen molar-refractivity contribution in [1.82, 2.24) is 15.1 Å². The molecule has 0 radical (unpaired) electrons. The number of amides is 5. The number of carbonyl (C=O) groups excluding carboxylic acids is 5. The monoisotopic (exact) mass is 493 g/mol. The summed E-state index contributed by atoms with van der Waals surface area (Å²) in [6, 6.07) is 13.1. The second-order valence-electron chi connectivity index (χ2n) is 8.50. The fraction of sp³-hybridized carbons (Fsp3) is 0.320. The van der Waals surface area contributed by atoms with Gasteiger partial charge in [0, 0.05) is 37.3 Å². The first-order valence-electron chi connectivity index (χ1n) is 11.6. The van der Waals surface area contributed by atoms with Gasteiger partial charge < -0.3 is 26.0 Å². The Kier molecular flexibility index (Phi) is 7.59. The summed E-state index contributed by atoms with van der Waals surface area (Å²) in [4.78, 5) is 64.4. The molecule has 1 fully saturated rings. The number of ether oxygens (including phenoxy) is 1. The van der Waals surface area contributed by atoms with E-state index in [0.29, 0.717) is 11.3 Å². The second kappa shape index (κ2) is 11.0. The zero-order valence-corrected chi connectivity index (χ0v) is 19.6. The van der Waals surface area contributed by atoms with Gasteiger partial charge in [0.1, 0.15) is 6.04 Å². The highest BCUT2D eigenvalue weighted by atomic mass is 16.5. The third-order valence-corrected chi connectivity index (χ3v) is 6.05. The van der Waals surface area contributed by atoms with Crippen molar-refractivity contribution in [3.05, 3.63) is 65.2 Å². The van der Waals surface area contributed by atoms with E-state index in [2.05, 4.69) is 10.6 Å². The Bertz CT molecular complexity index is 1180. The molecule has 11 heteroatoms. The number of esters is 1. The van der Waals surface area contributed by atoms with Gasteiger partial charge in [-0.15, -0.1) is 0 Å². The maximum Gasteiger partial charge on any atom is 0.319 e. The van der Waals surface area contributed by atoms with E-state index in [0.717, 1.165) is 16.0 Å². The van der Waals surface area contributed by atoms with Crippen LogP contribution in [0.25, 0.3) is 0 Å². The van der Waals surface area contributed by atoms with Crippen molar-refractivity contribution in [1.29, 1.82) is 0 Å². The quantitative estimate of drug-likeness (QED) is 0.371. The molecule has 2 aliphatic rings. The minimum atomic E-state index is -0.839. The van der Waals surface area contributed by atoms with E-state index in [9.17, 15) is 24.0 Å². The molecule has 36 heavy (non-hydrogen) atoms. The Morgan fingerprint density at radius 1 is 1.08 bits per heavy atom. The van der Waals surface area contributed by atoms with E-state index < -0.39 is 30.6 Å². The maximum absolute atomic E-state index is 13.1. The zero-order chi connectivity index (χ0) is 25.7. The van der Waals surface area contributed by atoms with E-state index in [-0.39, 0.29) is 50.8 Å². The first-order chi connectivity index (χ1) is 17.4. The minimum Gasteiger partial charge on any atom is -0.444 e. The highest BCUT2D eigenvalue weighted by Gasteiger charge is 2.43. The van der Waals surface area contributed by atoms with Crippen molar-refractivity contribution < 1.29 is 28.7 Å². The van der Waals surface area contributed by atoms with Crippen LogP contribution in [0.15, 0.2) is 48.5 Å². The van der Waals surface area contributed by atoms with Gasteiger partial charge in [0.15, 0.2) is 6.73 Å². The number of anilines is 1. The number of piperidine rings is 1. The largest absolute Gasteiger partial charge is 0.444 e. The van der Waals surface area contributed by atoms with Crippen LogP contribution in [0.1, 0.15) is 40.7 Å². The number of fused-ring (bicyclic) bond motifs is 1. The zero-order valence-electron chi connectivity index (χ0n) is 19.6. The number of benzene rings is 2. The Morgan fingerprint density at radius 3 is 2.61 bits per heavy atom. The van der Waals surface area contributed by atoms with Crippen molar-refractivity contribution in [3.8, 4) is 0 Å². The standard InChI is InChI=1S/C25H27N5O6/c26-11-10-22(32)36-15-30-21(31)9-8-20(24(30)34)29-14-17-12-16(6-7-19(17)23(29)33)13-27-25(35)28-18-4-2-1-3-5-18/h1-7,12,20H,8-11,13-15,26H2,(H2,27,28,35). The van der Waals surface area contributed by atoms with Gasteiger partial charge in [-0.05, 0) is 35.7 Å². The Balaban J connectivity index is 1.37. The van der Waals surface area contributed by atoms with Crippen molar-refractivity contribution in [3.63, 3.8) is 0 Å². The van der Waals surface area contributed by atoms with Gasteiger partial charge in [0.25, 0.3) is 11.8 Å². The number of hydrogen-bond donors (Lipinski definition) is 3. The van der Waals surface area contributed by atoms with E-state index >= 15 is 0 Å². The number of imide groups is 1. The summed E-state index contributed by atoms with van der Waals surface area (Å²) >= 11 is 0. The van der Waals surface area contributed by atoms with E-state index in [4.69, 9.17) is 10.5 Å². The molecule has 2 aliphatic heterocycles. The van der Waals surface area contributed by atoms with Gasteiger partial charge in [0.2, 0.25) is 5.91 Å². The van der Waals surface area contributed by atoms with Crippen LogP contribution in [-0.4, -0.2) is 58.8 Å². The lowest BCUT2D eigenvalue weighted by molar-refractivity contribution is -0.164. The minimum absolute atomic E-state index is 0.0231. The molecule has 1 atom stereocenters. The summed E-state index contributed by atoms with van der Waals surface area (Å²) in [7, 11) is 0. The van der Waals surface area contributed by atoms with Crippen molar-refractivity contribution in [2.24, 2.45) is 5.73 Å². The molecule has 0 saturated carbocycles. The Hall–Kier alpha value is -4.25. The molecule has 1 unspecified atom stereocenters. The predicted octanol–water partition coefficient (Wildman–Crippen LogP) is 1.33. The van der Waals surface area contributed by atoms with Crippen LogP contribution in [0.2, 0.25) is 0 Å². The Morgan fingerprint density at radius 2 is 1.86 bits per heavy atom. The number of nitrogens with two attached hydrogens (primary N) is 1. The number of carbonyl (C=O) groups is 5. The molecular weight excluding hydrogens is 466 g/mol. The first kappa shape index (κ1) is 24.9. The number of para-hydroxylation sites is 1. The summed E-state index contributed by atoms with van der Waals surface area (Å²) in [6.45, 7) is 0.0461. The first-order valence-corrected chi connectivity index (χ1v) is 11.6. The summed E-state index contributed by atoms with van der Waals surface area (Å²) < 4.78 is 4.98. The van der Waals surface area contributed by atoms with E-state index in [1.807, 2.05) is 24.3 Å². The molecule has 4 N–H and O–H groups in total. The average molecular weight is 494 g/mol. The van der Waals surface area contributed by atoms with Gasteiger partial charge in [-0.1, -0.05) is 30.3 Å². The van der Waals surface area contributed by atoms with Gasteiger partial charge in [-0.3, -0.25) is 19.2 Å². The molecule has 2 aromatic rings. The van der Waals surface area contributed by atoms with Gasteiger partial charge in [0.05, 0.1) is 6.42 Å². The molecule has 2 heterocycles. The third kappa shape index (κ3) is 5.52. The SMILES string of the molecule is NCCC(=O)OCN1C(=O)CCC(N2Cc3cc(CNC(=O)Nc4ccccc4)ccc3C2=O)C1=O. The predicted molar refractivity (Wildman–Crippen MR) is 128 cm³/mol. The maximum atomic E-state index is 13.1. The van der Waals surface area contributed by atoms with E-state index in [1.54, 1.807) is 24.3 Å². The average Bonchev–Trinajstić information content (AvgIpc) is 3.19. The van der Waals surface area contributed by atoms with Crippen LogP contribution in [0.4, 0.5) is 10.5 Å². The van der Waals surface area contributed by atoms with Crippen LogP contribution in [0.5, 0.6) is 0 Å². The number of urea groups is 1. The van der Waals surface area contributed by atoms with Crippen LogP contribution >= 0.6 is 0 Å². The van der Waals surface area contributed by atoms with E-state index in [1.165, 1.54) is 4.90 Å². The fourth-order valence-corrected chi connectivity index (χ4v) is 4.21. The molecular formula is C25H27N5O6. The summed E-state index contributed by atoms with van der Waals surface area (Å²) in [5.74, 6) is -1.95. The second-order valence-corrected chi connectivity index (χ2v) is 8.50. The lowest BCUT2D eigenvalue weighted by Crippen LogP contribution is -2.55. The number of nitrogens with one attached hydrogen (secondary N) is 2. The smallest absolute Gasteiger partial charge is 0.319 e. The van der Waals surface area contributed by atoms with Crippen molar-refractivity contribution >= 4 is 35.4 Å². The number of likely N-dealkylation sites (tertiary alicyclic amines) is 1. The molecule has 0 aromatic heterocycles. The number of nitrogens with zero attached hydrogens (tertiary/aromatic N) is 2. The fourth-order valence-electron chi connectivity index (χ4n) is 4.21. The lowest BCUT2D eigenvalue weighted by atomic mass is 10.0. The van der Waals surface area contributed by atoms with Crippen molar-refractivity contribution in [2.45, 2.75) is 38.4 Å². The topological polar surface area (TPSA) is 151 Å². The van der Waals surface area contributed by atoms with Gasteiger partial charge in [-0.25, -0.2) is 9.69 Å². The normalized spacial score (nSPS) is 17.1. The molecule has 0 bridgehead atoms. The van der Waals surface area contributed by atoms with Crippen LogP contribution in [-0.2, 0) is 32.2 Å². The molecule has 0 spiro atoms. The summed E-state index contributed by atoms with van der Waals surface area (Å²) in [5, 5.41) is 5.52. The molecule has 188 valence electrons. The van der Waals surface area contributed by atoms with Crippen molar-refractivity contribution in [2.75, 3.05) is 18.6 Å². The Labute approximate surface area is 207 Å². The molecule has 4 rings (SSSR count). The lowest BCUT2D eigenvalue weighted by Gasteiger charge is -2.34. The molecule has 11 nitrogen and oxygen atoms in total. The summed E-state index contributed by atoms with van der Waals surface area (Å²) in [5.41, 5.74) is 7.98. The molecule has 2 aromatic carbocycles. The third-order valence-electron chi connectivity index (χ3n) is 6.05. The van der Waals surface area contributed by atoms with Crippen LogP contribution in [0, 0.1) is 0 Å². The highest BCUT2D eigenvalue weighted by Crippen LogP contribution is 2.29. The molecule has 5 amide bonds. The number of hydrogen-bond acceptors (Lipinski definition) is 7. The van der Waals surface area contributed by atoms with Gasteiger partial charge >= 0.3 is 12.0 Å². The van der Waals surface area contributed by atoms with Gasteiger partial charge in [-0.2, -0.15) is 0 Å². The molecule has 1 saturated heterocycles. The molecule has 0 aliphatic carbocycles. The highest BCUT2D eigenvalue weighted by molar-refractivity contribution is 6.05. The van der Waals surface area contributed by atoms with Crippen LogP contribution in [0.3, 0.4) is 0 Å². The van der Waals surface area contributed by atoms with Crippen LogP contribution < -0.4 is 16.4 Å².